The van der Waals surface area contributed by atoms with Gasteiger partial charge in [0.15, 0.2) is 11.6 Å². The van der Waals surface area contributed by atoms with E-state index in [0.29, 0.717) is 25.9 Å². The summed E-state index contributed by atoms with van der Waals surface area (Å²) in [6, 6.07) is 3.29. The molecule has 2 aliphatic rings. The summed E-state index contributed by atoms with van der Waals surface area (Å²) in [7, 11) is 0. The van der Waals surface area contributed by atoms with Gasteiger partial charge in [-0.25, -0.2) is 8.78 Å². The van der Waals surface area contributed by atoms with Crippen LogP contribution in [0.15, 0.2) is 18.2 Å². The Morgan fingerprint density at radius 3 is 2.27 bits per heavy atom. The Kier molecular flexibility index (Phi) is 4.09. The molecule has 1 saturated heterocycles. The van der Waals surface area contributed by atoms with Gasteiger partial charge in [-0.1, -0.05) is 0 Å². The van der Waals surface area contributed by atoms with E-state index in [1.54, 1.807) is 0 Å². The molecule has 6 heteroatoms. The molecule has 0 aromatic heterocycles. The van der Waals surface area contributed by atoms with Gasteiger partial charge in [0, 0.05) is 36.7 Å². The average Bonchev–Trinajstić information content (AvgIpc) is 3.35. The highest BCUT2D eigenvalue weighted by Gasteiger charge is 2.35. The molecule has 0 radical (unpaired) electrons. The molecule has 1 aromatic rings. The maximum atomic E-state index is 13.1. The second-order valence-electron chi connectivity index (χ2n) is 5.99. The fourth-order valence-corrected chi connectivity index (χ4v) is 2.77. The van der Waals surface area contributed by atoms with E-state index < -0.39 is 11.6 Å². The topological polar surface area (TPSA) is 49.4 Å². The number of carbonyl (C=O) groups is 2. The first-order valence-electron chi connectivity index (χ1n) is 7.59. The normalized spacial score (nSPS) is 19.1. The lowest BCUT2D eigenvalue weighted by molar-refractivity contribution is -0.135. The molecule has 1 aromatic carbocycles. The molecule has 0 unspecified atom stereocenters. The summed E-state index contributed by atoms with van der Waals surface area (Å²) in [4.78, 5) is 25.9. The number of halogens is 2. The number of nitrogens with zero attached hydrogens (tertiary/aromatic N) is 1. The summed E-state index contributed by atoms with van der Waals surface area (Å²) in [6.45, 7) is 1.18. The number of amides is 2. The predicted molar refractivity (Wildman–Crippen MR) is 77.0 cm³/mol. The van der Waals surface area contributed by atoms with E-state index in [2.05, 4.69) is 5.32 Å². The number of benzene rings is 1. The molecule has 118 valence electrons. The van der Waals surface area contributed by atoms with Crippen LogP contribution in [-0.4, -0.2) is 29.8 Å². The van der Waals surface area contributed by atoms with Gasteiger partial charge in [0.2, 0.25) is 11.8 Å². The molecule has 3 rings (SSSR count). The number of nitrogens with one attached hydrogen (secondary N) is 1. The molecule has 2 amide bonds. The number of piperidine rings is 1. The lowest BCUT2D eigenvalue weighted by atomic mass is 9.95. The molecule has 0 spiro atoms. The Hall–Kier alpha value is -1.98. The van der Waals surface area contributed by atoms with Crippen molar-refractivity contribution in [2.75, 3.05) is 18.4 Å². The summed E-state index contributed by atoms with van der Waals surface area (Å²) in [5.74, 6) is -1.92. The quantitative estimate of drug-likeness (QED) is 0.933. The smallest absolute Gasteiger partial charge is 0.227 e. The molecular weight excluding hydrogens is 290 g/mol. The van der Waals surface area contributed by atoms with E-state index in [-0.39, 0.29) is 29.3 Å². The second-order valence-corrected chi connectivity index (χ2v) is 5.99. The third-order valence-electron chi connectivity index (χ3n) is 4.29. The molecule has 22 heavy (non-hydrogen) atoms. The molecule has 1 heterocycles. The highest BCUT2D eigenvalue weighted by molar-refractivity contribution is 5.92. The summed E-state index contributed by atoms with van der Waals surface area (Å²) in [6.07, 6.45) is 3.17. The Morgan fingerprint density at radius 2 is 1.68 bits per heavy atom. The van der Waals surface area contributed by atoms with Crippen molar-refractivity contribution in [2.45, 2.75) is 25.7 Å². The van der Waals surface area contributed by atoms with E-state index in [1.807, 2.05) is 4.90 Å². The van der Waals surface area contributed by atoms with Crippen molar-refractivity contribution in [3.63, 3.8) is 0 Å². The molecule has 0 atom stereocenters. The van der Waals surface area contributed by atoms with Gasteiger partial charge in [0.05, 0.1) is 0 Å². The van der Waals surface area contributed by atoms with Crippen molar-refractivity contribution in [3.8, 4) is 0 Å². The van der Waals surface area contributed by atoms with Crippen LogP contribution < -0.4 is 5.32 Å². The van der Waals surface area contributed by atoms with Gasteiger partial charge >= 0.3 is 0 Å². The number of hydrogen-bond donors (Lipinski definition) is 1. The van der Waals surface area contributed by atoms with Gasteiger partial charge in [-0.3, -0.25) is 9.59 Å². The van der Waals surface area contributed by atoms with Crippen LogP contribution in [0.25, 0.3) is 0 Å². The Balaban J connectivity index is 1.53. The zero-order valence-corrected chi connectivity index (χ0v) is 12.1. The Bertz CT molecular complexity index is 594. The number of likely N-dealkylation sites (tertiary alicyclic amines) is 1. The van der Waals surface area contributed by atoms with Crippen molar-refractivity contribution >= 4 is 17.5 Å². The highest BCUT2D eigenvalue weighted by atomic mass is 19.2. The number of hydrogen-bond acceptors (Lipinski definition) is 2. The number of carbonyl (C=O) groups excluding carboxylic acids is 2. The monoisotopic (exact) mass is 308 g/mol. The maximum Gasteiger partial charge on any atom is 0.227 e. The largest absolute Gasteiger partial charge is 0.342 e. The van der Waals surface area contributed by atoms with Crippen LogP contribution in [0.2, 0.25) is 0 Å². The summed E-state index contributed by atoms with van der Waals surface area (Å²) >= 11 is 0. The molecular formula is C16H18F2N2O2. The van der Waals surface area contributed by atoms with E-state index in [0.717, 1.165) is 25.0 Å². The average molecular weight is 308 g/mol. The van der Waals surface area contributed by atoms with Crippen LogP contribution >= 0.6 is 0 Å². The fraction of sp³-hybridized carbons (Fsp3) is 0.500. The standard InChI is InChI=1S/C16H18F2N2O2/c17-13-4-3-12(9-14(13)18)19-15(21)10-5-7-20(8-6-10)16(22)11-1-2-11/h3-4,9-11H,1-2,5-8H2,(H,19,21). The lowest BCUT2D eigenvalue weighted by Crippen LogP contribution is -2.42. The number of anilines is 1. The zero-order valence-electron chi connectivity index (χ0n) is 12.1. The van der Waals surface area contributed by atoms with Crippen LogP contribution in [-0.2, 0) is 9.59 Å². The van der Waals surface area contributed by atoms with Crippen molar-refractivity contribution in [3.05, 3.63) is 29.8 Å². The van der Waals surface area contributed by atoms with Crippen LogP contribution in [0.4, 0.5) is 14.5 Å². The summed E-state index contributed by atoms with van der Waals surface area (Å²) in [5.41, 5.74) is 0.250. The van der Waals surface area contributed by atoms with Gasteiger partial charge in [-0.2, -0.15) is 0 Å². The number of rotatable bonds is 3. The van der Waals surface area contributed by atoms with Crippen LogP contribution in [0, 0.1) is 23.5 Å². The van der Waals surface area contributed by atoms with E-state index in [1.165, 1.54) is 6.07 Å². The van der Waals surface area contributed by atoms with E-state index in [9.17, 15) is 18.4 Å². The van der Waals surface area contributed by atoms with Gasteiger partial charge in [-0.05, 0) is 37.8 Å². The lowest BCUT2D eigenvalue weighted by Gasteiger charge is -2.31. The SMILES string of the molecule is O=C(Nc1ccc(F)c(F)c1)C1CCN(C(=O)C2CC2)CC1. The van der Waals surface area contributed by atoms with Crippen LogP contribution in [0.5, 0.6) is 0 Å². The van der Waals surface area contributed by atoms with Gasteiger partial charge in [-0.15, -0.1) is 0 Å². The van der Waals surface area contributed by atoms with Crippen molar-refractivity contribution in [1.82, 2.24) is 4.90 Å². The molecule has 1 aliphatic heterocycles. The maximum absolute atomic E-state index is 13.1. The first-order valence-corrected chi connectivity index (χ1v) is 7.59. The van der Waals surface area contributed by atoms with Crippen molar-refractivity contribution in [2.24, 2.45) is 11.8 Å². The van der Waals surface area contributed by atoms with Gasteiger partial charge in [0.1, 0.15) is 0 Å². The highest BCUT2D eigenvalue weighted by Crippen LogP contribution is 2.32. The third kappa shape index (κ3) is 3.26. The van der Waals surface area contributed by atoms with Crippen LogP contribution in [0.3, 0.4) is 0 Å². The van der Waals surface area contributed by atoms with Crippen molar-refractivity contribution < 1.29 is 18.4 Å². The van der Waals surface area contributed by atoms with Gasteiger partial charge in [0.25, 0.3) is 0 Å². The first-order chi connectivity index (χ1) is 10.5. The molecule has 1 N–H and O–H groups in total. The molecule has 2 fully saturated rings. The zero-order chi connectivity index (χ0) is 15.7. The third-order valence-corrected chi connectivity index (χ3v) is 4.29. The van der Waals surface area contributed by atoms with Crippen LogP contribution in [0.1, 0.15) is 25.7 Å². The minimum atomic E-state index is -0.984. The fourth-order valence-electron chi connectivity index (χ4n) is 2.77. The minimum absolute atomic E-state index is 0.198. The van der Waals surface area contributed by atoms with E-state index >= 15 is 0 Å². The minimum Gasteiger partial charge on any atom is -0.342 e. The first kappa shape index (κ1) is 14.9. The summed E-state index contributed by atoms with van der Waals surface area (Å²) in [5, 5.41) is 2.61. The van der Waals surface area contributed by atoms with E-state index in [4.69, 9.17) is 0 Å². The summed E-state index contributed by atoms with van der Waals surface area (Å²) < 4.78 is 26.0. The molecule has 4 nitrogen and oxygen atoms in total. The Morgan fingerprint density at radius 1 is 1.00 bits per heavy atom. The molecule has 1 saturated carbocycles. The molecule has 0 bridgehead atoms. The molecule has 1 aliphatic carbocycles. The predicted octanol–water partition coefficient (Wildman–Crippen LogP) is 2.55. The van der Waals surface area contributed by atoms with Crippen molar-refractivity contribution in [1.29, 1.82) is 0 Å². The second kappa shape index (κ2) is 6.02. The Labute approximate surface area is 127 Å². The van der Waals surface area contributed by atoms with Gasteiger partial charge < -0.3 is 10.2 Å².